The van der Waals surface area contributed by atoms with E-state index in [0.29, 0.717) is 46.2 Å². The largest absolute Gasteiger partial charge is 0.392 e. The van der Waals surface area contributed by atoms with Crippen LogP contribution in [0.1, 0.15) is 79.0 Å². The van der Waals surface area contributed by atoms with E-state index in [1.165, 1.54) is 12.1 Å². The molecule has 0 amide bonds. The van der Waals surface area contributed by atoms with Crippen molar-refractivity contribution < 1.29 is 58.2 Å². The van der Waals surface area contributed by atoms with Crippen LogP contribution < -0.4 is 0 Å². The molecule has 0 aromatic heterocycles. The lowest BCUT2D eigenvalue weighted by atomic mass is 9.66. The summed E-state index contributed by atoms with van der Waals surface area (Å²) in [5, 5.41) is 64.3. The summed E-state index contributed by atoms with van der Waals surface area (Å²) < 4.78 is 84.3. The summed E-state index contributed by atoms with van der Waals surface area (Å²) in [7, 11) is -12.0. The third-order valence-electron chi connectivity index (χ3n) is 11.9. The van der Waals surface area contributed by atoms with E-state index in [0.717, 1.165) is 18.2 Å². The average molecular weight is 989 g/mol. The number of nitrogens with zero attached hydrogens (tertiary/aromatic N) is 6. The summed E-state index contributed by atoms with van der Waals surface area (Å²) in [4.78, 5) is 12.7. The molecule has 3 N–H and O–H groups in total. The predicted molar refractivity (Wildman–Crippen MR) is 247 cm³/mol. The Morgan fingerprint density at radius 2 is 0.985 bits per heavy atom. The lowest BCUT2D eigenvalue weighted by molar-refractivity contribution is -0.128. The highest BCUT2D eigenvalue weighted by atomic mass is 32.2. The molecule has 68 heavy (non-hydrogen) atoms. The molecule has 358 valence electrons. The second kappa shape index (κ2) is 22.3. The van der Waals surface area contributed by atoms with E-state index in [1.54, 1.807) is 97.1 Å². The van der Waals surface area contributed by atoms with Crippen LogP contribution in [-0.4, -0.2) is 75.5 Å². The molecule has 0 aliphatic heterocycles. The smallest absolute Gasteiger partial charge is 0.358 e. The summed E-state index contributed by atoms with van der Waals surface area (Å²) in [5.41, 5.74) is 1.90. The minimum absolute atomic E-state index is 0.0393. The molecule has 2 fully saturated rings. The maximum atomic E-state index is 12.7. The SMILES string of the molecule is CC12CCC(CS(=O)(=O)O/N=C(\C#N)c3ccc(CO)cc3)(C(=O)C1)C2(C)C.CS(=O)(=O)O/N=C(\C#N)c1ccc(CO)cc1.Cc1ccc(S(=O)(=O)O/N=C(\C#N)c2ccc(CO)cc2)cc1. The Kier molecular flexibility index (Phi) is 17.6. The number of Topliss-reactive ketones (excluding diaryl/α,β-unsaturated/α-hetero) is 1. The van der Waals surface area contributed by atoms with Crippen molar-refractivity contribution in [2.75, 3.05) is 12.0 Å². The van der Waals surface area contributed by atoms with Gasteiger partial charge in [0.25, 0.3) is 0 Å². The van der Waals surface area contributed by atoms with Crippen LogP contribution in [0.3, 0.4) is 0 Å². The summed E-state index contributed by atoms with van der Waals surface area (Å²) >= 11 is 0. The lowest BCUT2D eigenvalue weighted by Gasteiger charge is -2.39. The van der Waals surface area contributed by atoms with Crippen LogP contribution in [0.25, 0.3) is 0 Å². The topological polar surface area (TPSA) is 316 Å². The molecule has 2 aliphatic carbocycles. The number of aliphatic hydroxyl groups excluding tert-OH is 3. The van der Waals surface area contributed by atoms with Crippen LogP contribution in [0, 0.1) is 57.2 Å². The van der Waals surface area contributed by atoms with E-state index in [-0.39, 0.29) is 53.0 Å². The number of hydrogen-bond acceptors (Lipinski definition) is 19. The first-order valence-corrected chi connectivity index (χ1v) is 25.1. The molecule has 0 saturated heterocycles. The quantitative estimate of drug-likeness (QED) is 0.104. The molecule has 4 aromatic rings. The number of aryl methyl sites for hydroxylation is 1. The molecule has 19 nitrogen and oxygen atoms in total. The Morgan fingerprint density at radius 1 is 0.603 bits per heavy atom. The molecule has 2 aliphatic rings. The number of ketones is 1. The molecule has 4 aromatic carbocycles. The Hall–Kier alpha value is -6.84. The summed E-state index contributed by atoms with van der Waals surface area (Å²) in [6.07, 6.45) is 2.51. The van der Waals surface area contributed by atoms with Gasteiger partial charge in [-0.3, -0.25) is 17.6 Å². The number of carbonyl (C=O) groups is 1. The van der Waals surface area contributed by atoms with Crippen molar-refractivity contribution in [1.82, 2.24) is 0 Å². The zero-order valence-corrected chi connectivity index (χ0v) is 40.0. The number of rotatable bonds is 15. The second-order valence-corrected chi connectivity index (χ2v) is 21.1. The third kappa shape index (κ3) is 13.2. The van der Waals surface area contributed by atoms with Gasteiger partial charge in [0.15, 0.2) is 17.1 Å². The van der Waals surface area contributed by atoms with Crippen molar-refractivity contribution in [3.8, 4) is 18.2 Å². The monoisotopic (exact) mass is 988 g/mol. The number of fused-ring (bicyclic) bond motifs is 2. The number of aliphatic hydroxyl groups is 3. The first kappa shape index (κ1) is 53.8. The van der Waals surface area contributed by atoms with Gasteiger partial charge in [-0.25, -0.2) is 0 Å². The molecular weight excluding hydrogens is 941 g/mol. The highest BCUT2D eigenvalue weighted by molar-refractivity contribution is 7.87. The van der Waals surface area contributed by atoms with Gasteiger partial charge in [-0.2, -0.15) is 41.0 Å². The highest BCUT2D eigenvalue weighted by Gasteiger charge is 2.71. The van der Waals surface area contributed by atoms with Crippen LogP contribution in [0.4, 0.5) is 0 Å². The van der Waals surface area contributed by atoms with Gasteiger partial charge in [0.2, 0.25) is 0 Å². The van der Waals surface area contributed by atoms with Crippen molar-refractivity contribution in [1.29, 1.82) is 15.8 Å². The van der Waals surface area contributed by atoms with Crippen LogP contribution in [0.15, 0.2) is 117 Å². The van der Waals surface area contributed by atoms with Gasteiger partial charge in [-0.05, 0) is 59.4 Å². The molecule has 0 spiro atoms. The molecule has 6 rings (SSSR count). The number of benzene rings is 4. The normalized spacial score (nSPS) is 18.9. The molecule has 22 heteroatoms. The number of carbonyl (C=O) groups excluding carboxylic acids is 1. The van der Waals surface area contributed by atoms with E-state index < -0.39 is 46.9 Å². The Bertz CT molecular complexity index is 3030. The zero-order chi connectivity index (χ0) is 50.6. The first-order chi connectivity index (χ1) is 31.9. The van der Waals surface area contributed by atoms with Gasteiger partial charge in [-0.15, -0.1) is 0 Å². The molecule has 2 bridgehead atoms. The summed E-state index contributed by atoms with van der Waals surface area (Å²) in [5.74, 6) is -0.477. The van der Waals surface area contributed by atoms with Crippen molar-refractivity contribution >= 4 is 53.3 Å². The lowest BCUT2D eigenvalue weighted by Crippen LogP contribution is -2.43. The van der Waals surface area contributed by atoms with Gasteiger partial charge in [-0.1, -0.05) is 127 Å². The van der Waals surface area contributed by atoms with Gasteiger partial charge >= 0.3 is 30.4 Å². The van der Waals surface area contributed by atoms with Crippen molar-refractivity contribution in [2.24, 2.45) is 31.7 Å². The second-order valence-electron chi connectivity index (χ2n) is 16.5. The van der Waals surface area contributed by atoms with Crippen molar-refractivity contribution in [3.63, 3.8) is 0 Å². The predicted octanol–water partition coefficient (Wildman–Crippen LogP) is 5.04. The maximum Gasteiger partial charge on any atom is 0.358 e. The van der Waals surface area contributed by atoms with E-state index in [4.69, 9.17) is 30.1 Å². The Morgan fingerprint density at radius 3 is 1.31 bits per heavy atom. The average Bonchev–Trinajstić information content (AvgIpc) is 3.58. The minimum atomic E-state index is -4.17. The van der Waals surface area contributed by atoms with Gasteiger partial charge < -0.3 is 15.3 Å². The van der Waals surface area contributed by atoms with Crippen molar-refractivity contribution in [3.05, 3.63) is 136 Å². The number of hydrogen-bond donors (Lipinski definition) is 3. The molecule has 0 radical (unpaired) electrons. The van der Waals surface area contributed by atoms with Gasteiger partial charge in [0, 0.05) is 23.1 Å². The fraction of sp³-hybridized carbons (Fsp3) is 0.326. The van der Waals surface area contributed by atoms with Crippen LogP contribution in [-0.2, 0) is 67.8 Å². The van der Waals surface area contributed by atoms with Crippen LogP contribution in [0.2, 0.25) is 0 Å². The van der Waals surface area contributed by atoms with E-state index in [9.17, 15) is 35.3 Å². The molecule has 0 heterocycles. The first-order valence-electron chi connectivity index (χ1n) is 20.3. The maximum absolute atomic E-state index is 12.7. The van der Waals surface area contributed by atoms with Gasteiger partial charge in [0.05, 0.1) is 31.5 Å². The molecule has 2 unspecified atom stereocenters. The third-order valence-corrected chi connectivity index (χ3v) is 14.5. The zero-order valence-electron chi connectivity index (χ0n) is 37.5. The minimum Gasteiger partial charge on any atom is -0.392 e. The molecular formula is C46H48N6O13S3. The van der Waals surface area contributed by atoms with Crippen molar-refractivity contribution in [2.45, 2.75) is 71.7 Å². The number of nitriles is 3. The van der Waals surface area contributed by atoms with E-state index >= 15 is 0 Å². The van der Waals surface area contributed by atoms with Crippen LogP contribution >= 0.6 is 0 Å². The van der Waals surface area contributed by atoms with E-state index in [1.807, 2.05) is 33.8 Å². The van der Waals surface area contributed by atoms with E-state index in [2.05, 4.69) is 24.0 Å². The number of oxime groups is 3. The Balaban J connectivity index is 0.000000230. The highest BCUT2D eigenvalue weighted by Crippen LogP contribution is 2.70. The standard InChI is InChI=1S/C20H24N2O5S.C16H14N2O4S.C10H10N2O4S/c1-18(2)19(3)8-9-20(18,17(24)10-19)13-28(25,26)27-22-16(11-21)15-6-4-14(12-23)5-7-15;1-12-2-8-15(9-3-12)23(20,21)22-18-16(10-17)14-6-4-13(11-19)5-7-14;1-17(14,15)16-12-10(6-11)9-4-2-8(7-13)3-5-9/h4-7,23H,8-10,12-13H2,1-3H3;2-9,19H,11H2,1H3;2-5,13H,7H2,1H3/b22-16+;18-16+;12-10+. The summed E-state index contributed by atoms with van der Waals surface area (Å²) in [6, 6.07) is 30.3. The fourth-order valence-electron chi connectivity index (χ4n) is 7.42. The Labute approximate surface area is 395 Å². The summed E-state index contributed by atoms with van der Waals surface area (Å²) in [6.45, 7) is 7.39. The molecule has 2 saturated carbocycles. The molecule has 2 atom stereocenters. The van der Waals surface area contributed by atoms with Gasteiger partial charge in [0.1, 0.15) is 34.6 Å². The fourth-order valence-corrected chi connectivity index (χ4v) is 9.87. The van der Waals surface area contributed by atoms with Crippen LogP contribution in [0.5, 0.6) is 0 Å².